The first-order valence-electron chi connectivity index (χ1n) is 18.1. The van der Waals surface area contributed by atoms with E-state index in [1.54, 1.807) is 6.54 Å². The number of benzene rings is 8. The first-order valence-corrected chi connectivity index (χ1v) is 29.3. The molecule has 0 saturated carbocycles. The van der Waals surface area contributed by atoms with Crippen LogP contribution in [0.5, 0.6) is 0 Å². The molecule has 0 nitrogen and oxygen atoms in total. The van der Waals surface area contributed by atoms with Gasteiger partial charge in [0.1, 0.15) is 0 Å². The van der Waals surface area contributed by atoms with Gasteiger partial charge >= 0.3 is 305 Å². The Labute approximate surface area is 326 Å². The van der Waals surface area contributed by atoms with E-state index in [1.165, 1.54) is 71.6 Å². The molecule has 0 bridgehead atoms. The normalized spacial score (nSPS) is 14.8. The third kappa shape index (κ3) is 4.96. The molecule has 53 heavy (non-hydrogen) atoms. The molecule has 0 radical (unpaired) electrons. The summed E-state index contributed by atoms with van der Waals surface area (Å²) in [6.45, 7) is 4.89. The van der Waals surface area contributed by atoms with E-state index < -0.39 is 17.4 Å². The Kier molecular flexibility index (Phi) is 9.11. The van der Waals surface area contributed by atoms with Crippen LogP contribution in [0.15, 0.2) is 188 Å². The van der Waals surface area contributed by atoms with E-state index in [4.69, 9.17) is 0 Å². The molecule has 1 unspecified atom stereocenters. The fourth-order valence-electron chi connectivity index (χ4n) is 10.5. The van der Waals surface area contributed by atoms with Crippen LogP contribution in [0.2, 0.25) is 0 Å². The van der Waals surface area contributed by atoms with Crippen molar-refractivity contribution in [2.45, 2.75) is 14.2 Å². The number of hydrogen-bond donors (Lipinski definition) is 0. The first kappa shape index (κ1) is 35.7. The van der Waals surface area contributed by atoms with Gasteiger partial charge in [-0.2, -0.15) is 0 Å². The van der Waals surface area contributed by atoms with Gasteiger partial charge in [-0.15, -0.1) is 24.8 Å². The molecule has 0 aliphatic heterocycles. The van der Waals surface area contributed by atoms with Gasteiger partial charge < -0.3 is 0 Å². The third-order valence-electron chi connectivity index (χ3n) is 12.4. The van der Waals surface area contributed by atoms with Gasteiger partial charge in [-0.3, -0.25) is 0 Å². The molecule has 2 aliphatic rings. The Balaban J connectivity index is 0.00000200. The van der Waals surface area contributed by atoms with Gasteiger partial charge in [-0.05, 0) is 0 Å². The van der Waals surface area contributed by atoms with Gasteiger partial charge in [0.2, 0.25) is 0 Å². The zero-order valence-electron chi connectivity index (χ0n) is 29.6. The second-order valence-electron chi connectivity index (χ2n) is 14.8. The second kappa shape index (κ2) is 13.5. The van der Waals surface area contributed by atoms with Crippen molar-refractivity contribution in [2.75, 3.05) is 0 Å². The summed E-state index contributed by atoms with van der Waals surface area (Å²) < 4.78 is 3.63. The molecule has 0 fully saturated rings. The maximum absolute atomic E-state index is 4.73. The number of hydrogen-bond acceptors (Lipinski definition) is 0. The predicted molar refractivity (Wildman–Crippen MR) is 232 cm³/mol. The summed E-state index contributed by atoms with van der Waals surface area (Å²) >= 11 is -4.73. The van der Waals surface area contributed by atoms with Gasteiger partial charge in [0, 0.05) is 0 Å². The molecule has 10 rings (SSSR count). The molecule has 0 saturated heterocycles. The Bertz CT molecular complexity index is 2700. The molecular weight excluding hydrogens is 779 g/mol. The van der Waals surface area contributed by atoms with Gasteiger partial charge in [0.25, 0.3) is 0 Å². The number of halogens is 2. The fourth-order valence-corrected chi connectivity index (χ4v) is 38.7. The average molecular weight is 819 g/mol. The molecule has 0 spiro atoms. The summed E-state index contributed by atoms with van der Waals surface area (Å²) in [6, 6.07) is 69.5. The van der Waals surface area contributed by atoms with Crippen molar-refractivity contribution in [3.8, 4) is 22.3 Å². The number of rotatable bonds is 5. The molecule has 8 aromatic carbocycles. The molecule has 0 aromatic heterocycles. The molecule has 0 N–H and O–H groups in total. The molecule has 0 heterocycles. The summed E-state index contributed by atoms with van der Waals surface area (Å²) in [5, 5.41) is 5.22. The fraction of sp³-hybridized carbons (Fsp3) is 0.0612. The Morgan fingerprint density at radius 3 is 1.51 bits per heavy atom. The minimum atomic E-state index is -4.73. The van der Waals surface area contributed by atoms with Crippen LogP contribution >= 0.6 is 24.8 Å². The van der Waals surface area contributed by atoms with E-state index >= 15 is 0 Å². The van der Waals surface area contributed by atoms with E-state index in [0.29, 0.717) is 0 Å². The van der Waals surface area contributed by atoms with E-state index in [9.17, 15) is 0 Å². The predicted octanol–water partition coefficient (Wildman–Crippen LogP) is 11.6. The van der Waals surface area contributed by atoms with E-state index in [2.05, 4.69) is 202 Å². The topological polar surface area (TPSA) is 0 Å². The van der Waals surface area contributed by atoms with Crippen LogP contribution in [0.3, 0.4) is 0 Å². The van der Waals surface area contributed by atoms with E-state index in [1.807, 2.05) is 0 Å². The summed E-state index contributed by atoms with van der Waals surface area (Å²) in [5.74, 6) is 0. The monoisotopic (exact) mass is 816 g/mol. The average Bonchev–Trinajstić information content (AvgIpc) is 3.73. The van der Waals surface area contributed by atoms with Crippen molar-refractivity contribution in [3.63, 3.8) is 0 Å². The van der Waals surface area contributed by atoms with Crippen LogP contribution in [0.25, 0.3) is 49.9 Å². The summed E-state index contributed by atoms with van der Waals surface area (Å²) in [5.41, 5.74) is 12.8. The quantitative estimate of drug-likeness (QED) is 0.120. The van der Waals surface area contributed by atoms with Gasteiger partial charge in [0.05, 0.1) is 0 Å². The van der Waals surface area contributed by atoms with Crippen molar-refractivity contribution in [1.29, 1.82) is 0 Å². The number of allylic oxidation sites excluding steroid dienone is 1. The van der Waals surface area contributed by atoms with Crippen molar-refractivity contribution < 1.29 is 17.4 Å². The smallest absolute Gasteiger partial charge is 0.147 e. The minimum absolute atomic E-state index is 0. The van der Waals surface area contributed by atoms with Crippen molar-refractivity contribution in [1.82, 2.24) is 0 Å². The first-order chi connectivity index (χ1) is 25.1. The van der Waals surface area contributed by atoms with Crippen LogP contribution in [-0.4, -0.2) is 6.88 Å². The van der Waals surface area contributed by atoms with Crippen LogP contribution in [0, 0.1) is 0 Å². The van der Waals surface area contributed by atoms with Crippen molar-refractivity contribution in [2.24, 2.45) is 0 Å². The molecule has 0 amide bonds. The Morgan fingerprint density at radius 1 is 0.415 bits per heavy atom. The van der Waals surface area contributed by atoms with Crippen LogP contribution in [0.4, 0.5) is 0 Å². The van der Waals surface area contributed by atoms with Gasteiger partial charge in [-0.25, -0.2) is 0 Å². The zero-order valence-corrected chi connectivity index (χ0v) is 35.1. The van der Waals surface area contributed by atoms with Gasteiger partial charge in [-0.1, -0.05) is 0 Å². The SMILES string of the molecule is CC1=Cc2c(-c3cc4ccccc4c4ccccc34)cccc2[CH]1[Zr](=[SiH2])([c]1ccccc1)([c]1ccccc1)[CH]1c2ccccc2-c2ccccc21.Cl.Cl. The second-order valence-corrected chi connectivity index (χ2v) is 37.5. The van der Waals surface area contributed by atoms with Crippen LogP contribution in [0.1, 0.15) is 36.4 Å². The maximum atomic E-state index is 2.57. The molecule has 1 atom stereocenters. The number of fused-ring (bicyclic) bond motifs is 7. The van der Waals surface area contributed by atoms with E-state index in [-0.39, 0.29) is 32.1 Å². The summed E-state index contributed by atoms with van der Waals surface area (Å²) in [4.78, 5) is 0. The van der Waals surface area contributed by atoms with Gasteiger partial charge in [0.15, 0.2) is 0 Å². The summed E-state index contributed by atoms with van der Waals surface area (Å²) in [6.07, 6.45) is 2.57. The molecule has 4 heteroatoms. The molecule has 2 aliphatic carbocycles. The maximum Gasteiger partial charge on any atom is -0.147 e. The Morgan fingerprint density at radius 2 is 0.887 bits per heavy atom. The van der Waals surface area contributed by atoms with E-state index in [0.717, 1.165) is 0 Å². The van der Waals surface area contributed by atoms with Crippen molar-refractivity contribution >= 4 is 65.9 Å². The van der Waals surface area contributed by atoms with Crippen LogP contribution < -0.4 is 6.54 Å². The molecular formula is C49H40Cl2SiZr. The Hall–Kier alpha value is -4.30. The van der Waals surface area contributed by atoms with Crippen LogP contribution in [-0.2, 0) is 17.4 Å². The largest absolute Gasteiger partial charge is 0.147 e. The third-order valence-corrected chi connectivity index (χ3v) is 40.3. The summed E-state index contributed by atoms with van der Waals surface area (Å²) in [7, 11) is 0. The molecule has 8 aromatic rings. The molecule has 258 valence electrons. The standard InChI is InChI=1S/C24H17.C13H9.2C6H5.2ClH.H2Si.Zr/c1-16-13-17-8-6-12-22(23(17)14-16)24-15-18-7-2-3-9-19(18)20-10-4-5-11-21(20)24;1-3-7-12-10(5-1)9-11-6-2-4-8-13(11)12;2*1-2-4-6-5-3-1;;;;/h2-15H,1H3;1-9H;2*1-5H;2*1H;1H2;. The zero-order chi connectivity index (χ0) is 34.2. The minimum Gasteiger partial charge on any atom is -0.147 e. The van der Waals surface area contributed by atoms with Crippen molar-refractivity contribution in [3.05, 3.63) is 210 Å².